The Labute approximate surface area is 244 Å². The van der Waals surface area contributed by atoms with Crippen LogP contribution in [-0.2, 0) is 4.79 Å². The van der Waals surface area contributed by atoms with Crippen molar-refractivity contribution in [3.63, 3.8) is 0 Å². The van der Waals surface area contributed by atoms with Crippen LogP contribution in [0.15, 0.2) is 112 Å². The fourth-order valence-corrected chi connectivity index (χ4v) is 7.31. The van der Waals surface area contributed by atoms with Gasteiger partial charge in [-0.2, -0.15) is 5.26 Å². The van der Waals surface area contributed by atoms with Gasteiger partial charge in [-0.15, -0.1) is 11.3 Å². The summed E-state index contributed by atoms with van der Waals surface area (Å²) < 4.78 is 6.38. The van der Waals surface area contributed by atoms with E-state index in [1.54, 1.807) is 23.8 Å². The van der Waals surface area contributed by atoms with Crippen LogP contribution in [0.5, 0.6) is 5.75 Å². The Morgan fingerprint density at radius 3 is 2.38 bits per heavy atom. The van der Waals surface area contributed by atoms with Crippen molar-refractivity contribution in [2.75, 3.05) is 23.1 Å². The Balaban J connectivity index is 1.37. The van der Waals surface area contributed by atoms with E-state index in [2.05, 4.69) is 11.4 Å². The molecule has 9 heteroatoms. The Bertz CT molecular complexity index is 1730. The molecule has 0 saturated carbocycles. The number of nitrogens with one attached hydrogen (secondary N) is 1. The highest BCUT2D eigenvalue weighted by Gasteiger charge is 2.28. The summed E-state index contributed by atoms with van der Waals surface area (Å²) in [6.07, 6.45) is 0. The molecular weight excluding hydrogens is 557 g/mol. The van der Waals surface area contributed by atoms with E-state index in [0.29, 0.717) is 21.4 Å². The van der Waals surface area contributed by atoms with E-state index >= 15 is 0 Å². The van der Waals surface area contributed by atoms with Crippen molar-refractivity contribution in [2.24, 2.45) is 0 Å². The van der Waals surface area contributed by atoms with E-state index in [9.17, 15) is 10.1 Å². The van der Waals surface area contributed by atoms with Crippen molar-refractivity contribution in [3.05, 3.63) is 107 Å². The number of fused-ring (bicyclic) bond motifs is 3. The number of nitrogens with zero attached hydrogens (tertiary/aromatic N) is 3. The number of ether oxygens (including phenoxy) is 1. The number of thiazole rings is 1. The fourth-order valence-electron chi connectivity index (χ4n) is 4.35. The van der Waals surface area contributed by atoms with Crippen LogP contribution in [0, 0.1) is 11.3 Å². The van der Waals surface area contributed by atoms with E-state index in [4.69, 9.17) is 9.72 Å². The maximum Gasteiger partial charge on any atom is 0.242 e. The second kappa shape index (κ2) is 11.5. The summed E-state index contributed by atoms with van der Waals surface area (Å²) in [5.74, 6) is 0.704. The number of rotatable bonds is 7. The highest BCUT2D eigenvalue weighted by molar-refractivity contribution is 8.04. The van der Waals surface area contributed by atoms with Crippen LogP contribution in [-0.4, -0.2) is 23.8 Å². The maximum atomic E-state index is 13.9. The molecule has 6 rings (SSSR count). The zero-order valence-electron chi connectivity index (χ0n) is 21.3. The molecular formula is C31H22N4O2S3. The number of carbonyl (C=O) groups is 1. The highest BCUT2D eigenvalue weighted by Crippen LogP contribution is 2.48. The van der Waals surface area contributed by atoms with Gasteiger partial charge in [-0.3, -0.25) is 9.69 Å². The summed E-state index contributed by atoms with van der Waals surface area (Å²) in [6, 6.07) is 33.4. The summed E-state index contributed by atoms with van der Waals surface area (Å²) in [4.78, 5) is 22.4. The molecule has 1 amide bonds. The van der Waals surface area contributed by atoms with Gasteiger partial charge in [0, 0.05) is 21.5 Å². The average Bonchev–Trinajstić information content (AvgIpc) is 3.42. The molecule has 1 N–H and O–H groups in total. The molecule has 1 aliphatic rings. The van der Waals surface area contributed by atoms with Crippen LogP contribution in [0.2, 0.25) is 0 Å². The first kappa shape index (κ1) is 26.0. The second-order valence-corrected chi connectivity index (χ2v) is 11.8. The van der Waals surface area contributed by atoms with Crippen molar-refractivity contribution in [1.82, 2.24) is 4.98 Å². The normalized spacial score (nSPS) is 12.7. The quantitative estimate of drug-likeness (QED) is 0.195. The third kappa shape index (κ3) is 5.17. The number of carbonyl (C=O) groups excluding carboxylic acids is 1. The number of aromatic nitrogens is 1. The van der Waals surface area contributed by atoms with Gasteiger partial charge in [0.2, 0.25) is 5.91 Å². The number of allylic oxidation sites excluding steroid dienone is 1. The van der Waals surface area contributed by atoms with Gasteiger partial charge in [0.1, 0.15) is 22.4 Å². The topological polar surface area (TPSA) is 78.2 Å². The second-order valence-electron chi connectivity index (χ2n) is 8.71. The number of methoxy groups -OCH3 is 1. The van der Waals surface area contributed by atoms with Gasteiger partial charge >= 0.3 is 0 Å². The maximum absolute atomic E-state index is 13.9. The lowest BCUT2D eigenvalue weighted by atomic mass is 10.2. The van der Waals surface area contributed by atoms with E-state index in [-0.39, 0.29) is 11.7 Å². The molecule has 0 aliphatic carbocycles. The number of anilines is 3. The van der Waals surface area contributed by atoms with Gasteiger partial charge in [0.05, 0.1) is 39.5 Å². The lowest BCUT2D eigenvalue weighted by molar-refractivity contribution is -0.115. The number of nitriles is 1. The summed E-state index contributed by atoms with van der Waals surface area (Å²) in [5.41, 5.74) is 3.67. The third-order valence-electron chi connectivity index (χ3n) is 6.20. The number of thioether (sulfide) groups is 1. The van der Waals surface area contributed by atoms with Gasteiger partial charge in [-0.05, 0) is 48.5 Å². The minimum atomic E-state index is -0.0864. The van der Waals surface area contributed by atoms with Gasteiger partial charge in [0.25, 0.3) is 0 Å². The number of hydrogen-bond donors (Lipinski definition) is 1. The molecule has 0 radical (unpaired) electrons. The van der Waals surface area contributed by atoms with Crippen molar-refractivity contribution in [3.8, 4) is 11.8 Å². The summed E-state index contributed by atoms with van der Waals surface area (Å²) in [6.45, 7) is 0. The largest absolute Gasteiger partial charge is 0.497 e. The molecule has 0 fully saturated rings. The molecule has 196 valence electrons. The minimum absolute atomic E-state index is 0.0864. The van der Waals surface area contributed by atoms with Gasteiger partial charge in [-0.25, -0.2) is 4.98 Å². The third-order valence-corrected chi connectivity index (χ3v) is 9.37. The summed E-state index contributed by atoms with van der Waals surface area (Å²) >= 11 is 4.40. The zero-order valence-corrected chi connectivity index (χ0v) is 23.8. The Morgan fingerprint density at radius 2 is 1.68 bits per heavy atom. The fraction of sp³-hybridized carbons (Fsp3) is 0.0645. The summed E-state index contributed by atoms with van der Waals surface area (Å²) in [7, 11) is 1.61. The zero-order chi connectivity index (χ0) is 27.5. The molecule has 5 aromatic rings. The van der Waals surface area contributed by atoms with E-state index in [1.165, 1.54) is 23.1 Å². The minimum Gasteiger partial charge on any atom is -0.497 e. The van der Waals surface area contributed by atoms with E-state index < -0.39 is 0 Å². The lowest BCUT2D eigenvalue weighted by Gasteiger charge is -2.31. The number of hydrogen-bond acceptors (Lipinski definition) is 8. The molecule has 1 aromatic heterocycles. The molecule has 0 bridgehead atoms. The van der Waals surface area contributed by atoms with Gasteiger partial charge < -0.3 is 10.1 Å². The predicted molar refractivity (Wildman–Crippen MR) is 165 cm³/mol. The Kier molecular flexibility index (Phi) is 7.47. The van der Waals surface area contributed by atoms with Crippen LogP contribution in [0.3, 0.4) is 0 Å². The van der Waals surface area contributed by atoms with Crippen molar-refractivity contribution < 1.29 is 9.53 Å². The molecule has 0 atom stereocenters. The molecule has 6 nitrogen and oxygen atoms in total. The molecule has 1 aliphatic heterocycles. The first-order chi connectivity index (χ1) is 19.6. The predicted octanol–water partition coefficient (Wildman–Crippen LogP) is 8.17. The lowest BCUT2D eigenvalue weighted by Crippen LogP contribution is -2.30. The van der Waals surface area contributed by atoms with Crippen molar-refractivity contribution in [1.29, 1.82) is 5.26 Å². The molecule has 0 spiro atoms. The molecule has 40 heavy (non-hydrogen) atoms. The van der Waals surface area contributed by atoms with E-state index in [0.717, 1.165) is 37.1 Å². The van der Waals surface area contributed by atoms with E-state index in [1.807, 2.05) is 97.1 Å². The number of para-hydroxylation sites is 3. The summed E-state index contributed by atoms with van der Waals surface area (Å²) in [5, 5.41) is 14.8. The van der Waals surface area contributed by atoms with Crippen molar-refractivity contribution in [2.45, 2.75) is 9.79 Å². The monoisotopic (exact) mass is 578 g/mol. The number of benzene rings is 4. The van der Waals surface area contributed by atoms with Gasteiger partial charge in [0.15, 0.2) is 0 Å². The van der Waals surface area contributed by atoms with Crippen LogP contribution in [0.25, 0.3) is 15.8 Å². The highest BCUT2D eigenvalue weighted by atomic mass is 32.2. The molecule has 0 unspecified atom stereocenters. The van der Waals surface area contributed by atoms with Crippen LogP contribution >= 0.6 is 34.9 Å². The molecule has 0 saturated heterocycles. The first-order valence-corrected chi connectivity index (χ1v) is 15.0. The smallest absolute Gasteiger partial charge is 0.242 e. The molecule has 2 heterocycles. The van der Waals surface area contributed by atoms with Gasteiger partial charge in [-0.1, -0.05) is 66.0 Å². The molecule has 4 aromatic carbocycles. The first-order valence-electron chi connectivity index (χ1n) is 12.4. The standard InChI is InChI=1S/C31H22N4O2S3/c1-37-21-10-8-9-20(17-21)33-30(22(18-32)31-34-23-11-2-5-14-26(23)40-31)38-19-29(36)35-24-12-3-6-15-27(24)39-28-16-7-4-13-25(28)35/h2-17,33H,19H2,1H3/b30-22-. The Hall–Kier alpha value is -4.23. The van der Waals surface area contributed by atoms with Crippen LogP contribution in [0.1, 0.15) is 5.01 Å². The number of amides is 1. The Morgan fingerprint density at radius 1 is 0.975 bits per heavy atom. The van der Waals surface area contributed by atoms with Crippen LogP contribution < -0.4 is 15.0 Å². The average molecular weight is 579 g/mol. The van der Waals surface area contributed by atoms with Crippen molar-refractivity contribution >= 4 is 73.6 Å². The van der Waals surface area contributed by atoms with Crippen LogP contribution in [0.4, 0.5) is 17.1 Å². The SMILES string of the molecule is COc1cccc(N/C(SCC(=O)N2c3ccccc3Sc3ccccc32)=C(\C#N)c2nc3ccccc3s2)c1.